The van der Waals surface area contributed by atoms with E-state index in [-0.39, 0.29) is 12.1 Å². The maximum absolute atomic E-state index is 14.4. The lowest BCUT2D eigenvalue weighted by atomic mass is 9.67. The van der Waals surface area contributed by atoms with Crippen LogP contribution < -0.4 is 0 Å². The second-order valence-electron chi connectivity index (χ2n) is 10.9. The number of hydrogen-bond donors (Lipinski definition) is 1. The first-order valence-corrected chi connectivity index (χ1v) is 14.7. The Morgan fingerprint density at radius 2 is 1.39 bits per heavy atom. The van der Waals surface area contributed by atoms with Crippen molar-refractivity contribution in [2.24, 2.45) is 5.41 Å². The van der Waals surface area contributed by atoms with Gasteiger partial charge < -0.3 is 9.84 Å². The lowest BCUT2D eigenvalue weighted by molar-refractivity contribution is -0.392. The molecule has 16 heteroatoms. The Kier molecular flexibility index (Phi) is 8.89. The fraction of sp³-hybridized carbons (Fsp3) is 0.333. The number of ketones is 1. The molecule has 1 fully saturated rings. The van der Waals surface area contributed by atoms with Crippen LogP contribution in [0.4, 0.5) is 39.5 Å². The Bertz CT molecular complexity index is 1720. The van der Waals surface area contributed by atoms with E-state index in [1.165, 1.54) is 0 Å². The van der Waals surface area contributed by atoms with Crippen molar-refractivity contribution in [3.8, 4) is 0 Å². The minimum atomic E-state index is -6.29. The van der Waals surface area contributed by atoms with Gasteiger partial charge in [0, 0.05) is 17.5 Å². The van der Waals surface area contributed by atoms with Crippen molar-refractivity contribution in [2.75, 3.05) is 0 Å². The number of halogens is 9. The van der Waals surface area contributed by atoms with Crippen LogP contribution in [0.1, 0.15) is 42.9 Å². The molecule has 3 aromatic rings. The van der Waals surface area contributed by atoms with Crippen LogP contribution in [-0.4, -0.2) is 37.6 Å². The van der Waals surface area contributed by atoms with Gasteiger partial charge in [-0.1, -0.05) is 30.3 Å². The van der Waals surface area contributed by atoms with Crippen molar-refractivity contribution in [1.82, 2.24) is 0 Å². The Hall–Kier alpha value is -3.92. The minimum Gasteiger partial charge on any atom is -0.481 e. The first-order valence-electron chi connectivity index (χ1n) is 13.2. The first kappa shape index (κ1) is 34.9. The molecule has 1 N–H and O–H groups in total. The van der Waals surface area contributed by atoms with Gasteiger partial charge in [-0.15, -0.1) is 0 Å². The molecule has 2 unspecified atom stereocenters. The van der Waals surface area contributed by atoms with Crippen LogP contribution in [0.15, 0.2) is 71.6 Å². The second-order valence-corrected chi connectivity index (χ2v) is 13.2. The third-order valence-electron chi connectivity index (χ3n) is 8.23. The molecule has 2 atom stereocenters. The van der Waals surface area contributed by atoms with E-state index in [9.17, 15) is 62.6 Å². The molecule has 1 aliphatic carbocycles. The van der Waals surface area contributed by atoms with Crippen LogP contribution in [0.25, 0.3) is 0 Å². The summed E-state index contributed by atoms with van der Waals surface area (Å²) in [6.45, 7) is -0.880. The topological polar surface area (TPSA) is 97.7 Å². The SMILES string of the molecule is CC1(C(=O)O)CC(c2ccc(C(OCc3c(F)cccc3F)(C(F)(F)F)C(F)(F)F)cc2)(S(=O)(=O)c2ccc(F)cc2)CCC1=O. The molecular formula is C30H23F9O6S. The van der Waals surface area contributed by atoms with Crippen LogP contribution in [-0.2, 0) is 41.1 Å². The van der Waals surface area contributed by atoms with Gasteiger partial charge in [0.15, 0.2) is 9.84 Å². The first-order chi connectivity index (χ1) is 21.1. The summed E-state index contributed by atoms with van der Waals surface area (Å²) in [5.74, 6) is -6.40. The van der Waals surface area contributed by atoms with Crippen LogP contribution >= 0.6 is 0 Å². The number of aliphatic carboxylic acids is 1. The summed E-state index contributed by atoms with van der Waals surface area (Å²) >= 11 is 0. The molecule has 0 aliphatic heterocycles. The van der Waals surface area contributed by atoms with Crippen LogP contribution in [0.3, 0.4) is 0 Å². The van der Waals surface area contributed by atoms with Gasteiger partial charge in [0.25, 0.3) is 5.60 Å². The van der Waals surface area contributed by atoms with Crippen LogP contribution in [0, 0.1) is 22.9 Å². The summed E-state index contributed by atoms with van der Waals surface area (Å²) in [7, 11) is -4.82. The Morgan fingerprint density at radius 1 is 0.870 bits per heavy atom. The van der Waals surface area contributed by atoms with Gasteiger partial charge in [0.05, 0.1) is 11.5 Å². The highest BCUT2D eigenvalue weighted by atomic mass is 32.2. The van der Waals surface area contributed by atoms with Crippen molar-refractivity contribution in [3.63, 3.8) is 0 Å². The fourth-order valence-electron chi connectivity index (χ4n) is 5.61. The summed E-state index contributed by atoms with van der Waals surface area (Å²) in [6, 6.07) is 6.93. The Morgan fingerprint density at radius 3 is 1.87 bits per heavy atom. The average Bonchev–Trinajstić information content (AvgIpc) is 2.95. The molecule has 0 radical (unpaired) electrons. The minimum absolute atomic E-state index is 0.254. The number of Topliss-reactive ketones (excluding diaryl/α,β-unsaturated/α-hetero) is 1. The van der Waals surface area contributed by atoms with Gasteiger partial charge in [-0.2, -0.15) is 26.3 Å². The number of hydrogen-bond acceptors (Lipinski definition) is 5. The van der Waals surface area contributed by atoms with Crippen molar-refractivity contribution >= 4 is 21.6 Å². The van der Waals surface area contributed by atoms with Gasteiger partial charge in [0.1, 0.15) is 33.4 Å². The molecule has 0 amide bonds. The van der Waals surface area contributed by atoms with Crippen molar-refractivity contribution in [1.29, 1.82) is 0 Å². The Balaban J connectivity index is 1.92. The molecule has 1 aliphatic rings. The highest BCUT2D eigenvalue weighted by Gasteiger charge is 2.73. The molecule has 248 valence electrons. The quantitative estimate of drug-likeness (QED) is 0.154. The van der Waals surface area contributed by atoms with E-state index >= 15 is 0 Å². The monoisotopic (exact) mass is 682 g/mol. The maximum atomic E-state index is 14.4. The molecule has 0 heterocycles. The number of carboxylic acid groups (broad SMARTS) is 1. The molecule has 46 heavy (non-hydrogen) atoms. The normalized spacial score (nSPS) is 21.3. The molecule has 6 nitrogen and oxygen atoms in total. The van der Waals surface area contributed by atoms with E-state index in [1.807, 2.05) is 0 Å². The third-order valence-corrected chi connectivity index (χ3v) is 10.7. The highest BCUT2D eigenvalue weighted by Crippen LogP contribution is 2.55. The van der Waals surface area contributed by atoms with Crippen molar-refractivity contribution in [2.45, 2.75) is 60.4 Å². The number of sulfone groups is 1. The van der Waals surface area contributed by atoms with Crippen LogP contribution in [0.5, 0.6) is 0 Å². The molecule has 0 spiro atoms. The fourth-order valence-corrected chi connectivity index (χ4v) is 7.85. The van der Waals surface area contributed by atoms with Gasteiger partial charge in [-0.25, -0.2) is 21.6 Å². The van der Waals surface area contributed by atoms with Gasteiger partial charge in [-0.3, -0.25) is 9.59 Å². The number of alkyl halides is 6. The van der Waals surface area contributed by atoms with E-state index in [4.69, 9.17) is 0 Å². The highest BCUT2D eigenvalue weighted by molar-refractivity contribution is 7.92. The van der Waals surface area contributed by atoms with Crippen molar-refractivity contribution < 1.29 is 67.4 Å². The Labute approximate surface area is 255 Å². The zero-order valence-electron chi connectivity index (χ0n) is 23.5. The standard InChI is InChI=1S/C30H23F9O6S/c1-26(25(41)42)16-27(14-13-24(26)40,46(43,44)20-11-9-19(31)10-12-20)17-5-7-18(8-6-17)28(29(34,35)36,30(37,38)39)45-15-21-22(32)3-2-4-23(21)33/h2-12H,13-16H2,1H3,(H,41,42). The predicted octanol–water partition coefficient (Wildman–Crippen LogP) is 7.15. The lowest BCUT2D eigenvalue weighted by Gasteiger charge is -2.43. The zero-order valence-corrected chi connectivity index (χ0v) is 24.3. The summed E-state index contributed by atoms with van der Waals surface area (Å²) in [5.41, 5.74) is -10.9. The summed E-state index contributed by atoms with van der Waals surface area (Å²) < 4.78 is 158. The van der Waals surface area contributed by atoms with Gasteiger partial charge in [-0.05, 0) is 61.7 Å². The lowest BCUT2D eigenvalue weighted by Crippen LogP contribution is -2.56. The molecule has 3 aromatic carbocycles. The number of ether oxygens (including phenoxy) is 1. The number of carboxylic acids is 1. The predicted molar refractivity (Wildman–Crippen MR) is 141 cm³/mol. The molecular weight excluding hydrogens is 659 g/mol. The van der Waals surface area contributed by atoms with Gasteiger partial charge >= 0.3 is 18.3 Å². The number of carbonyl (C=O) groups excluding carboxylic acids is 1. The summed E-state index contributed by atoms with van der Waals surface area (Å²) in [6.07, 6.45) is -14.8. The van der Waals surface area contributed by atoms with Gasteiger partial charge in [0.2, 0.25) is 0 Å². The average molecular weight is 683 g/mol. The third kappa shape index (κ3) is 5.54. The molecule has 0 bridgehead atoms. The van der Waals surface area contributed by atoms with Crippen molar-refractivity contribution in [3.05, 3.63) is 101 Å². The zero-order chi connectivity index (χ0) is 34.5. The number of carbonyl (C=O) groups is 2. The molecule has 0 aromatic heterocycles. The maximum Gasteiger partial charge on any atom is 0.430 e. The molecule has 1 saturated carbocycles. The number of rotatable bonds is 8. The molecule has 4 rings (SSSR count). The van der Waals surface area contributed by atoms with E-state index in [2.05, 4.69) is 4.74 Å². The van der Waals surface area contributed by atoms with Crippen LogP contribution in [0.2, 0.25) is 0 Å². The number of benzene rings is 3. The largest absolute Gasteiger partial charge is 0.481 e. The smallest absolute Gasteiger partial charge is 0.430 e. The van der Waals surface area contributed by atoms with E-state index < -0.39 is 115 Å². The summed E-state index contributed by atoms with van der Waals surface area (Å²) in [4.78, 5) is 24.3. The van der Waals surface area contributed by atoms with E-state index in [0.29, 0.717) is 24.3 Å². The van der Waals surface area contributed by atoms with E-state index in [1.54, 1.807) is 0 Å². The molecule has 0 saturated heterocycles. The summed E-state index contributed by atoms with van der Waals surface area (Å²) in [5, 5.41) is 9.86. The van der Waals surface area contributed by atoms with E-state index in [0.717, 1.165) is 37.3 Å². The second kappa shape index (κ2) is 11.7.